The number of ether oxygens (including phenoxy) is 1. The molecule has 148 valence electrons. The van der Waals surface area contributed by atoms with Gasteiger partial charge in [-0.3, -0.25) is 4.79 Å². The molecule has 2 amide bonds. The molecule has 0 saturated carbocycles. The summed E-state index contributed by atoms with van der Waals surface area (Å²) in [7, 11) is 1.09. The van der Waals surface area contributed by atoms with Crippen molar-refractivity contribution in [3.63, 3.8) is 0 Å². The summed E-state index contributed by atoms with van der Waals surface area (Å²) in [5, 5.41) is 0. The molecule has 0 saturated heterocycles. The van der Waals surface area contributed by atoms with E-state index in [4.69, 9.17) is 4.74 Å². The fraction of sp³-hybridized carbons (Fsp3) is 0.474. The van der Waals surface area contributed by atoms with Crippen molar-refractivity contribution in [2.45, 2.75) is 39.0 Å². The molecule has 1 aliphatic heterocycles. The van der Waals surface area contributed by atoms with Crippen LogP contribution in [-0.4, -0.2) is 48.8 Å². The molecule has 0 aromatic heterocycles. The first-order valence-corrected chi connectivity index (χ1v) is 8.51. The highest BCUT2D eigenvalue weighted by Gasteiger charge is 2.41. The Bertz CT molecular complexity index is 734. The van der Waals surface area contributed by atoms with Gasteiger partial charge in [-0.2, -0.15) is 13.2 Å². The second-order valence-corrected chi connectivity index (χ2v) is 7.31. The zero-order chi connectivity index (χ0) is 20.4. The molecule has 0 bridgehead atoms. The minimum absolute atomic E-state index is 0.160. The molecule has 8 heteroatoms. The highest BCUT2D eigenvalue weighted by Crippen LogP contribution is 2.27. The smallest absolute Gasteiger partial charge is 0.444 e. The third-order valence-corrected chi connectivity index (χ3v) is 4.03. The number of carbonyl (C=O) groups excluding carboxylic acids is 2. The fourth-order valence-electron chi connectivity index (χ4n) is 2.63. The van der Waals surface area contributed by atoms with E-state index >= 15 is 0 Å². The van der Waals surface area contributed by atoms with Crippen LogP contribution in [0, 0.1) is 0 Å². The zero-order valence-corrected chi connectivity index (χ0v) is 15.8. The summed E-state index contributed by atoms with van der Waals surface area (Å²) in [4.78, 5) is 25.5. The Morgan fingerprint density at radius 2 is 1.70 bits per heavy atom. The van der Waals surface area contributed by atoms with E-state index in [0.717, 1.165) is 18.2 Å². The topological polar surface area (TPSA) is 49.9 Å². The SMILES string of the molecule is CN(C(=O)C(F)(F)F)c1ccc(C2=CCN(C(=O)OC(C)(C)C)CC2)cc1. The Morgan fingerprint density at radius 3 is 2.15 bits per heavy atom. The Kier molecular flexibility index (Phi) is 5.87. The first kappa shape index (κ1) is 20.8. The molecular weight excluding hydrogens is 361 g/mol. The van der Waals surface area contributed by atoms with Gasteiger partial charge in [-0.1, -0.05) is 18.2 Å². The Hall–Kier alpha value is -2.51. The molecule has 1 heterocycles. The number of amides is 2. The molecule has 2 rings (SSSR count). The first-order valence-electron chi connectivity index (χ1n) is 8.51. The standard InChI is InChI=1S/C19H23F3N2O3/c1-18(2,3)27-17(26)24-11-9-14(10-12-24)13-5-7-15(8-6-13)23(4)16(25)19(20,21)22/h5-9H,10-12H2,1-4H3. The van der Waals surface area contributed by atoms with Crippen molar-refractivity contribution in [3.05, 3.63) is 35.9 Å². The third kappa shape index (κ3) is 5.48. The molecule has 27 heavy (non-hydrogen) atoms. The Labute approximate surface area is 156 Å². The second kappa shape index (κ2) is 7.62. The second-order valence-electron chi connectivity index (χ2n) is 7.31. The number of rotatable bonds is 2. The van der Waals surface area contributed by atoms with Crippen molar-refractivity contribution in [1.29, 1.82) is 0 Å². The van der Waals surface area contributed by atoms with Crippen LogP contribution in [0.3, 0.4) is 0 Å². The lowest BCUT2D eigenvalue weighted by molar-refractivity contribution is -0.170. The lowest BCUT2D eigenvalue weighted by atomic mass is 9.99. The Balaban J connectivity index is 2.04. The van der Waals surface area contributed by atoms with Crippen molar-refractivity contribution in [2.75, 3.05) is 25.0 Å². The molecule has 0 radical (unpaired) electrons. The van der Waals surface area contributed by atoms with E-state index in [1.807, 2.05) is 6.08 Å². The summed E-state index contributed by atoms with van der Waals surface area (Å²) in [6, 6.07) is 6.29. The number of carbonyl (C=O) groups is 2. The lowest BCUT2D eigenvalue weighted by Crippen LogP contribution is -2.39. The van der Waals surface area contributed by atoms with Crippen LogP contribution in [0.4, 0.5) is 23.7 Å². The summed E-state index contributed by atoms with van der Waals surface area (Å²) >= 11 is 0. The van der Waals surface area contributed by atoms with Gasteiger partial charge in [0.15, 0.2) is 0 Å². The van der Waals surface area contributed by atoms with Gasteiger partial charge in [0.05, 0.1) is 0 Å². The van der Waals surface area contributed by atoms with Gasteiger partial charge in [0.2, 0.25) is 0 Å². The van der Waals surface area contributed by atoms with Gasteiger partial charge in [-0.05, 0) is 50.5 Å². The highest BCUT2D eigenvalue weighted by atomic mass is 19.4. The molecule has 1 aliphatic rings. The zero-order valence-electron chi connectivity index (χ0n) is 15.8. The average molecular weight is 384 g/mol. The van der Waals surface area contributed by atoms with E-state index in [-0.39, 0.29) is 11.8 Å². The summed E-state index contributed by atoms with van der Waals surface area (Å²) in [5.74, 6) is -1.92. The molecular formula is C19H23F3N2O3. The Morgan fingerprint density at radius 1 is 1.11 bits per heavy atom. The van der Waals surface area contributed by atoms with Crippen LogP contribution in [0.2, 0.25) is 0 Å². The minimum Gasteiger partial charge on any atom is -0.444 e. The van der Waals surface area contributed by atoms with Crippen LogP contribution in [0.5, 0.6) is 0 Å². The summed E-state index contributed by atoms with van der Waals surface area (Å²) in [6.45, 7) is 6.31. The molecule has 0 aliphatic carbocycles. The molecule has 0 spiro atoms. The number of halogens is 3. The summed E-state index contributed by atoms with van der Waals surface area (Å²) in [5.41, 5.74) is 1.44. The maximum Gasteiger partial charge on any atom is 0.471 e. The normalized spacial score (nSPS) is 15.2. The molecule has 0 fully saturated rings. The number of alkyl halides is 3. The quantitative estimate of drug-likeness (QED) is 0.767. The lowest BCUT2D eigenvalue weighted by Gasteiger charge is -2.29. The third-order valence-electron chi connectivity index (χ3n) is 4.03. The molecule has 0 N–H and O–H groups in total. The molecule has 0 atom stereocenters. The van der Waals surface area contributed by atoms with Crippen LogP contribution in [0.15, 0.2) is 30.3 Å². The number of hydrogen-bond donors (Lipinski definition) is 0. The van der Waals surface area contributed by atoms with E-state index in [0.29, 0.717) is 24.4 Å². The molecule has 1 aromatic rings. The molecule has 5 nitrogen and oxygen atoms in total. The van der Waals surface area contributed by atoms with E-state index in [9.17, 15) is 22.8 Å². The number of nitrogens with zero attached hydrogens (tertiary/aromatic N) is 2. The van der Waals surface area contributed by atoms with Crippen molar-refractivity contribution in [2.24, 2.45) is 0 Å². The fourth-order valence-corrected chi connectivity index (χ4v) is 2.63. The van der Waals surface area contributed by atoms with Crippen molar-refractivity contribution >= 4 is 23.3 Å². The van der Waals surface area contributed by atoms with Crippen molar-refractivity contribution in [1.82, 2.24) is 4.90 Å². The van der Waals surface area contributed by atoms with Crippen LogP contribution >= 0.6 is 0 Å². The van der Waals surface area contributed by atoms with Gasteiger partial charge in [-0.15, -0.1) is 0 Å². The average Bonchev–Trinajstić information content (AvgIpc) is 2.58. The van der Waals surface area contributed by atoms with Crippen LogP contribution in [0.1, 0.15) is 32.8 Å². The number of hydrogen-bond acceptors (Lipinski definition) is 3. The maximum absolute atomic E-state index is 12.5. The van der Waals surface area contributed by atoms with E-state index in [1.54, 1.807) is 37.8 Å². The monoisotopic (exact) mass is 384 g/mol. The minimum atomic E-state index is -4.91. The van der Waals surface area contributed by atoms with E-state index in [1.165, 1.54) is 12.1 Å². The van der Waals surface area contributed by atoms with E-state index < -0.39 is 17.7 Å². The van der Waals surface area contributed by atoms with Gasteiger partial charge in [-0.25, -0.2) is 4.79 Å². The largest absolute Gasteiger partial charge is 0.471 e. The van der Waals surface area contributed by atoms with Gasteiger partial charge in [0.1, 0.15) is 5.60 Å². The van der Waals surface area contributed by atoms with Crippen LogP contribution in [0.25, 0.3) is 5.57 Å². The highest BCUT2D eigenvalue weighted by molar-refractivity contribution is 5.96. The maximum atomic E-state index is 12.5. The summed E-state index contributed by atoms with van der Waals surface area (Å²) < 4.78 is 42.9. The van der Waals surface area contributed by atoms with Crippen molar-refractivity contribution in [3.8, 4) is 0 Å². The van der Waals surface area contributed by atoms with E-state index in [2.05, 4.69) is 0 Å². The number of benzene rings is 1. The molecule has 0 unspecified atom stereocenters. The van der Waals surface area contributed by atoms with Gasteiger partial charge < -0.3 is 14.5 Å². The van der Waals surface area contributed by atoms with Gasteiger partial charge >= 0.3 is 18.2 Å². The first-order chi connectivity index (χ1) is 12.4. The predicted molar refractivity (Wildman–Crippen MR) is 96.3 cm³/mol. The number of anilines is 1. The predicted octanol–water partition coefficient (Wildman–Crippen LogP) is 4.24. The van der Waals surface area contributed by atoms with Gasteiger partial charge in [0.25, 0.3) is 0 Å². The van der Waals surface area contributed by atoms with Crippen LogP contribution < -0.4 is 4.90 Å². The summed E-state index contributed by atoms with van der Waals surface area (Å²) in [6.07, 6.45) is -2.78. The van der Waals surface area contributed by atoms with Crippen LogP contribution in [-0.2, 0) is 9.53 Å². The van der Waals surface area contributed by atoms with Gasteiger partial charge in [0, 0.05) is 25.8 Å². The van der Waals surface area contributed by atoms with Crippen molar-refractivity contribution < 1.29 is 27.5 Å². The molecule has 1 aromatic carbocycles.